The first kappa shape index (κ1) is 58.4. The average molecular weight is 879 g/mol. The van der Waals surface area contributed by atoms with Gasteiger partial charge in [0.05, 0.1) is 19.8 Å². The van der Waals surface area contributed by atoms with Crippen molar-refractivity contribution in [2.24, 2.45) is 0 Å². The highest BCUT2D eigenvalue weighted by atomic mass is 16.7. The molecular weight excluding hydrogens is 781 g/mol. The van der Waals surface area contributed by atoms with Gasteiger partial charge in [-0.1, -0.05) is 198 Å². The molecule has 0 amide bonds. The minimum absolute atomic E-state index is 0.117. The molecule has 6 atom stereocenters. The van der Waals surface area contributed by atoms with Crippen LogP contribution in [0.5, 0.6) is 0 Å². The van der Waals surface area contributed by atoms with Crippen molar-refractivity contribution in [2.75, 3.05) is 26.4 Å². The maximum Gasteiger partial charge on any atom is 0.306 e. The molecule has 1 heterocycles. The summed E-state index contributed by atoms with van der Waals surface area (Å²) in [5.74, 6) is -0.326. The maximum atomic E-state index is 12.8. The van der Waals surface area contributed by atoms with E-state index in [9.17, 15) is 25.2 Å². The molecule has 0 radical (unpaired) electrons. The van der Waals surface area contributed by atoms with Crippen molar-refractivity contribution in [1.29, 1.82) is 0 Å². The predicted molar refractivity (Wildman–Crippen MR) is 256 cm³/mol. The van der Waals surface area contributed by atoms with Crippen molar-refractivity contribution in [3.63, 3.8) is 0 Å². The summed E-state index contributed by atoms with van der Waals surface area (Å²) < 4.78 is 22.9. The Labute approximate surface area is 380 Å². The Balaban J connectivity index is 2.14. The SMILES string of the molecule is CCC/C=C\C/C=C\CCCCCCCC(=O)OC(COCCCCCCCCCCCCCCCC/C=C\CCCCCCCCCC)COC1OC(CO)C(O)C(O)C1O. The fourth-order valence-corrected chi connectivity index (χ4v) is 7.94. The summed E-state index contributed by atoms with van der Waals surface area (Å²) in [5.41, 5.74) is 0. The van der Waals surface area contributed by atoms with Gasteiger partial charge < -0.3 is 39.4 Å². The molecule has 1 saturated heterocycles. The molecule has 1 fully saturated rings. The highest BCUT2D eigenvalue weighted by Gasteiger charge is 2.44. The zero-order valence-corrected chi connectivity index (χ0v) is 40.1. The number of ether oxygens (including phenoxy) is 4. The van der Waals surface area contributed by atoms with Crippen LogP contribution in [0.25, 0.3) is 0 Å². The van der Waals surface area contributed by atoms with Crippen molar-refractivity contribution >= 4 is 5.97 Å². The lowest BCUT2D eigenvalue weighted by Crippen LogP contribution is -2.59. The highest BCUT2D eigenvalue weighted by molar-refractivity contribution is 5.69. The number of esters is 1. The quantitative estimate of drug-likeness (QED) is 0.0268. The van der Waals surface area contributed by atoms with Gasteiger partial charge in [-0.25, -0.2) is 0 Å². The molecule has 0 aromatic carbocycles. The third-order valence-electron chi connectivity index (χ3n) is 12.0. The normalized spacial score (nSPS) is 20.0. The van der Waals surface area contributed by atoms with Crippen LogP contribution in [0, 0.1) is 0 Å². The molecule has 1 rings (SSSR count). The molecule has 6 unspecified atom stereocenters. The van der Waals surface area contributed by atoms with E-state index in [4.69, 9.17) is 18.9 Å². The topological polar surface area (TPSA) is 135 Å². The molecule has 0 aromatic heterocycles. The monoisotopic (exact) mass is 879 g/mol. The fraction of sp³-hybridized carbons (Fsp3) is 0.868. The van der Waals surface area contributed by atoms with Crippen LogP contribution in [0.1, 0.15) is 232 Å². The van der Waals surface area contributed by atoms with E-state index in [1.54, 1.807) is 0 Å². The summed E-state index contributed by atoms with van der Waals surface area (Å²) in [7, 11) is 0. The van der Waals surface area contributed by atoms with E-state index in [1.807, 2.05) is 0 Å². The number of unbranched alkanes of at least 4 members (excludes halogenated alkanes) is 28. The van der Waals surface area contributed by atoms with Gasteiger partial charge in [-0.3, -0.25) is 4.79 Å². The van der Waals surface area contributed by atoms with E-state index in [-0.39, 0.29) is 19.2 Å². The average Bonchev–Trinajstić information content (AvgIpc) is 3.27. The minimum atomic E-state index is -1.54. The van der Waals surface area contributed by atoms with Gasteiger partial charge in [0.2, 0.25) is 0 Å². The van der Waals surface area contributed by atoms with E-state index in [1.165, 1.54) is 148 Å². The van der Waals surface area contributed by atoms with Crippen LogP contribution in [0.2, 0.25) is 0 Å². The lowest BCUT2D eigenvalue weighted by atomic mass is 9.99. The van der Waals surface area contributed by atoms with Gasteiger partial charge in [0, 0.05) is 13.0 Å². The highest BCUT2D eigenvalue weighted by Crippen LogP contribution is 2.23. The number of rotatable bonds is 45. The second-order valence-corrected chi connectivity index (χ2v) is 18.0. The molecule has 0 aliphatic carbocycles. The van der Waals surface area contributed by atoms with Gasteiger partial charge in [-0.15, -0.1) is 0 Å². The third-order valence-corrected chi connectivity index (χ3v) is 12.0. The Morgan fingerprint density at radius 3 is 1.47 bits per heavy atom. The Kier molecular flexibility index (Phi) is 42.0. The Morgan fingerprint density at radius 2 is 0.968 bits per heavy atom. The molecule has 0 spiro atoms. The Bertz CT molecular complexity index is 1050. The van der Waals surface area contributed by atoms with Gasteiger partial charge in [0.25, 0.3) is 0 Å². The predicted octanol–water partition coefficient (Wildman–Crippen LogP) is 12.7. The number of carbonyl (C=O) groups excluding carboxylic acids is 1. The van der Waals surface area contributed by atoms with Crippen molar-refractivity contribution in [2.45, 2.75) is 269 Å². The molecule has 0 bridgehead atoms. The van der Waals surface area contributed by atoms with Crippen molar-refractivity contribution in [3.05, 3.63) is 36.5 Å². The van der Waals surface area contributed by atoms with Crippen molar-refractivity contribution in [3.8, 4) is 0 Å². The maximum absolute atomic E-state index is 12.8. The molecule has 9 heteroatoms. The summed E-state index contributed by atoms with van der Waals surface area (Å²) >= 11 is 0. The number of hydrogen-bond donors (Lipinski definition) is 4. The second-order valence-electron chi connectivity index (χ2n) is 18.0. The van der Waals surface area contributed by atoms with Crippen LogP contribution < -0.4 is 0 Å². The molecule has 4 N–H and O–H groups in total. The molecule has 0 aromatic rings. The largest absolute Gasteiger partial charge is 0.457 e. The molecular formula is C53H98O9. The van der Waals surface area contributed by atoms with E-state index in [0.717, 1.165) is 64.2 Å². The van der Waals surface area contributed by atoms with E-state index >= 15 is 0 Å². The van der Waals surface area contributed by atoms with E-state index in [2.05, 4.69) is 50.3 Å². The van der Waals surface area contributed by atoms with Gasteiger partial charge >= 0.3 is 5.97 Å². The molecule has 62 heavy (non-hydrogen) atoms. The Hall–Kier alpha value is -1.59. The molecule has 364 valence electrons. The zero-order valence-electron chi connectivity index (χ0n) is 40.1. The van der Waals surface area contributed by atoms with Gasteiger partial charge in [0.15, 0.2) is 6.29 Å². The first-order chi connectivity index (χ1) is 30.4. The van der Waals surface area contributed by atoms with Crippen LogP contribution in [0.4, 0.5) is 0 Å². The first-order valence-corrected chi connectivity index (χ1v) is 26.1. The summed E-state index contributed by atoms with van der Waals surface area (Å²) in [6.45, 7) is 4.50. The first-order valence-electron chi connectivity index (χ1n) is 26.1. The molecule has 1 aliphatic rings. The second kappa shape index (κ2) is 44.6. The summed E-state index contributed by atoms with van der Waals surface area (Å²) in [5, 5.41) is 40.2. The molecule has 0 saturated carbocycles. The van der Waals surface area contributed by atoms with Crippen LogP contribution in [0.15, 0.2) is 36.5 Å². The zero-order chi connectivity index (χ0) is 45.0. The van der Waals surface area contributed by atoms with Gasteiger partial charge in [-0.05, 0) is 64.2 Å². The standard InChI is InChI=1S/C53H98O9/c1-3-5-7-9-11-13-15-17-18-19-20-21-22-23-24-25-26-27-28-29-31-33-35-37-39-41-43-59-45-47(46-60-53-52(58)51(57)50(56)48(44-54)62-53)61-49(55)42-40-38-36-34-32-30-16-14-12-10-8-6-4-2/h8,10,14,16,19-20,47-48,50-54,56-58H,3-7,9,11-13,15,17-18,21-46H2,1-2H3/b10-8-,16-14-,20-19-. The van der Waals surface area contributed by atoms with Gasteiger partial charge in [0.1, 0.15) is 30.5 Å². The van der Waals surface area contributed by atoms with Crippen LogP contribution in [-0.2, 0) is 23.7 Å². The summed E-state index contributed by atoms with van der Waals surface area (Å²) in [6.07, 6.45) is 47.7. The van der Waals surface area contributed by atoms with E-state index in [0.29, 0.717) is 13.0 Å². The number of aliphatic hydroxyl groups is 4. The minimum Gasteiger partial charge on any atom is -0.457 e. The number of allylic oxidation sites excluding steroid dienone is 6. The fourth-order valence-electron chi connectivity index (χ4n) is 7.94. The van der Waals surface area contributed by atoms with Crippen LogP contribution >= 0.6 is 0 Å². The number of aliphatic hydroxyl groups excluding tert-OH is 4. The van der Waals surface area contributed by atoms with Crippen molar-refractivity contribution < 1.29 is 44.2 Å². The summed E-state index contributed by atoms with van der Waals surface area (Å²) in [4.78, 5) is 12.8. The lowest BCUT2D eigenvalue weighted by Gasteiger charge is -2.39. The third kappa shape index (κ3) is 34.8. The smallest absolute Gasteiger partial charge is 0.306 e. The lowest BCUT2D eigenvalue weighted by molar-refractivity contribution is -0.305. The van der Waals surface area contributed by atoms with Crippen molar-refractivity contribution in [1.82, 2.24) is 0 Å². The number of hydrogen-bond acceptors (Lipinski definition) is 9. The number of carbonyl (C=O) groups is 1. The van der Waals surface area contributed by atoms with Crippen LogP contribution in [0.3, 0.4) is 0 Å². The van der Waals surface area contributed by atoms with E-state index < -0.39 is 43.4 Å². The van der Waals surface area contributed by atoms with Crippen LogP contribution in [-0.4, -0.2) is 89.6 Å². The Morgan fingerprint density at radius 1 is 0.516 bits per heavy atom. The summed E-state index contributed by atoms with van der Waals surface area (Å²) in [6, 6.07) is 0. The molecule has 9 nitrogen and oxygen atoms in total. The molecule has 1 aliphatic heterocycles. The van der Waals surface area contributed by atoms with Gasteiger partial charge in [-0.2, -0.15) is 0 Å².